The van der Waals surface area contributed by atoms with Crippen LogP contribution in [0, 0.1) is 0 Å². The summed E-state index contributed by atoms with van der Waals surface area (Å²) in [6.07, 6.45) is -4.91. The molecule has 1 unspecified atom stereocenters. The van der Waals surface area contributed by atoms with Gasteiger partial charge in [0.15, 0.2) is 0 Å². The monoisotopic (exact) mass is 257 g/mol. The van der Waals surface area contributed by atoms with Gasteiger partial charge in [-0.25, -0.2) is 0 Å². The van der Waals surface area contributed by atoms with E-state index in [2.05, 4.69) is 5.32 Å². The Kier molecular flexibility index (Phi) is 7.04. The molecule has 0 aromatic heterocycles. The average Bonchev–Trinajstić information content (AvgIpc) is 2.21. The van der Waals surface area contributed by atoms with E-state index in [-0.39, 0.29) is 19.1 Å². The first-order valence-corrected chi connectivity index (χ1v) is 5.60. The third-order valence-electron chi connectivity index (χ3n) is 2.75. The summed E-state index contributed by atoms with van der Waals surface area (Å²) in [6.45, 7) is 4.23. The van der Waals surface area contributed by atoms with Gasteiger partial charge in [-0.3, -0.25) is 0 Å². The van der Waals surface area contributed by atoms with Crippen LogP contribution in [-0.2, 0) is 9.47 Å². The van der Waals surface area contributed by atoms with E-state index >= 15 is 0 Å². The Hall–Kier alpha value is -0.330. The standard InChI is InChI=1S/C11H22F3NO2/c1-10(2,16-4)9(15-3)8-17-7-5-6-11(12,13)14/h9,15H,5-8H2,1-4H3. The van der Waals surface area contributed by atoms with E-state index < -0.39 is 18.2 Å². The van der Waals surface area contributed by atoms with Crippen molar-refractivity contribution in [2.75, 3.05) is 27.4 Å². The van der Waals surface area contributed by atoms with Crippen LogP contribution in [0.3, 0.4) is 0 Å². The zero-order valence-corrected chi connectivity index (χ0v) is 10.9. The number of rotatable bonds is 8. The molecule has 0 bridgehead atoms. The van der Waals surface area contributed by atoms with Crippen LogP contribution in [0.15, 0.2) is 0 Å². The van der Waals surface area contributed by atoms with Gasteiger partial charge in [-0.05, 0) is 27.3 Å². The number of likely N-dealkylation sites (N-methyl/N-ethyl adjacent to an activating group) is 1. The highest BCUT2D eigenvalue weighted by atomic mass is 19.4. The van der Waals surface area contributed by atoms with Crippen LogP contribution < -0.4 is 5.32 Å². The fraction of sp³-hybridized carbons (Fsp3) is 1.00. The topological polar surface area (TPSA) is 30.5 Å². The van der Waals surface area contributed by atoms with Gasteiger partial charge >= 0.3 is 6.18 Å². The Balaban J connectivity index is 3.79. The lowest BCUT2D eigenvalue weighted by Gasteiger charge is -2.32. The van der Waals surface area contributed by atoms with E-state index in [1.54, 1.807) is 14.2 Å². The van der Waals surface area contributed by atoms with Gasteiger partial charge in [0.1, 0.15) is 0 Å². The van der Waals surface area contributed by atoms with Crippen molar-refractivity contribution in [2.24, 2.45) is 0 Å². The normalized spacial score (nSPS) is 15.0. The number of hydrogen-bond acceptors (Lipinski definition) is 3. The van der Waals surface area contributed by atoms with E-state index in [0.717, 1.165) is 0 Å². The summed E-state index contributed by atoms with van der Waals surface area (Å²) in [5.41, 5.74) is -0.418. The van der Waals surface area contributed by atoms with Gasteiger partial charge in [-0.15, -0.1) is 0 Å². The Morgan fingerprint density at radius 2 is 1.82 bits per heavy atom. The van der Waals surface area contributed by atoms with E-state index in [0.29, 0.717) is 6.61 Å². The van der Waals surface area contributed by atoms with E-state index in [9.17, 15) is 13.2 Å². The van der Waals surface area contributed by atoms with Crippen molar-refractivity contribution in [3.8, 4) is 0 Å². The Labute approximate surface area is 101 Å². The summed E-state index contributed by atoms with van der Waals surface area (Å²) < 4.78 is 46.1. The highest BCUT2D eigenvalue weighted by Crippen LogP contribution is 2.21. The van der Waals surface area contributed by atoms with E-state index in [4.69, 9.17) is 9.47 Å². The molecule has 1 atom stereocenters. The lowest BCUT2D eigenvalue weighted by molar-refractivity contribution is -0.138. The molecule has 0 amide bonds. The second-order valence-electron chi connectivity index (χ2n) is 4.44. The van der Waals surface area contributed by atoms with Crippen molar-refractivity contribution in [3.63, 3.8) is 0 Å². The maximum Gasteiger partial charge on any atom is 0.389 e. The molecule has 0 saturated carbocycles. The molecule has 3 nitrogen and oxygen atoms in total. The first kappa shape index (κ1) is 16.7. The minimum absolute atomic E-state index is 0.00660. The van der Waals surface area contributed by atoms with Gasteiger partial charge in [0.05, 0.1) is 18.2 Å². The van der Waals surface area contributed by atoms with Crippen LogP contribution >= 0.6 is 0 Å². The maximum atomic E-state index is 11.9. The molecule has 0 aromatic rings. The van der Waals surface area contributed by atoms with Crippen molar-refractivity contribution in [2.45, 2.75) is 44.5 Å². The second kappa shape index (κ2) is 7.18. The summed E-state index contributed by atoms with van der Waals surface area (Å²) in [4.78, 5) is 0. The van der Waals surface area contributed by atoms with Crippen LogP contribution in [-0.4, -0.2) is 45.2 Å². The SMILES string of the molecule is CNC(COCCCC(F)(F)F)C(C)(C)OC. The lowest BCUT2D eigenvalue weighted by atomic mass is 10.00. The molecule has 0 saturated heterocycles. The molecular weight excluding hydrogens is 235 g/mol. The van der Waals surface area contributed by atoms with Gasteiger partial charge in [-0.1, -0.05) is 0 Å². The van der Waals surface area contributed by atoms with Crippen molar-refractivity contribution in [1.29, 1.82) is 0 Å². The van der Waals surface area contributed by atoms with Crippen molar-refractivity contribution in [3.05, 3.63) is 0 Å². The Bertz CT molecular complexity index is 207. The molecule has 0 spiro atoms. The molecule has 0 aliphatic heterocycles. The van der Waals surface area contributed by atoms with Gasteiger partial charge in [0, 0.05) is 20.1 Å². The molecule has 0 radical (unpaired) electrons. The number of hydrogen-bond donors (Lipinski definition) is 1. The molecule has 0 rings (SSSR count). The highest BCUT2D eigenvalue weighted by molar-refractivity contribution is 4.84. The van der Waals surface area contributed by atoms with Gasteiger partial charge in [-0.2, -0.15) is 13.2 Å². The summed E-state index contributed by atoms with van der Waals surface area (Å²) >= 11 is 0. The van der Waals surface area contributed by atoms with Gasteiger partial charge in [0.2, 0.25) is 0 Å². The summed E-state index contributed by atoms with van der Waals surface area (Å²) in [6, 6.07) is -0.0570. The second-order valence-corrected chi connectivity index (χ2v) is 4.44. The van der Waals surface area contributed by atoms with Crippen LogP contribution in [0.25, 0.3) is 0 Å². The van der Waals surface area contributed by atoms with Crippen LogP contribution in [0.1, 0.15) is 26.7 Å². The maximum absolute atomic E-state index is 11.9. The number of alkyl halides is 3. The molecule has 0 heterocycles. The first-order chi connectivity index (χ1) is 7.73. The quantitative estimate of drug-likeness (QED) is 0.677. The summed E-state index contributed by atoms with van der Waals surface area (Å²) in [5, 5.41) is 3.03. The predicted molar refractivity (Wildman–Crippen MR) is 60.0 cm³/mol. The number of methoxy groups -OCH3 is 1. The van der Waals surface area contributed by atoms with Crippen molar-refractivity contribution < 1.29 is 22.6 Å². The average molecular weight is 257 g/mol. The Morgan fingerprint density at radius 3 is 2.24 bits per heavy atom. The Morgan fingerprint density at radius 1 is 1.24 bits per heavy atom. The van der Waals surface area contributed by atoms with Crippen LogP contribution in [0.5, 0.6) is 0 Å². The van der Waals surface area contributed by atoms with Crippen molar-refractivity contribution in [1.82, 2.24) is 5.32 Å². The lowest BCUT2D eigenvalue weighted by Crippen LogP contribution is -2.49. The molecule has 1 N–H and O–H groups in total. The van der Waals surface area contributed by atoms with Gasteiger partial charge in [0.25, 0.3) is 0 Å². The first-order valence-electron chi connectivity index (χ1n) is 5.60. The van der Waals surface area contributed by atoms with Gasteiger partial charge < -0.3 is 14.8 Å². The van der Waals surface area contributed by atoms with Crippen molar-refractivity contribution >= 4 is 0 Å². The minimum Gasteiger partial charge on any atom is -0.380 e. The minimum atomic E-state index is -4.10. The molecular formula is C11H22F3NO2. The smallest absolute Gasteiger partial charge is 0.380 e. The molecule has 6 heteroatoms. The zero-order valence-electron chi connectivity index (χ0n) is 10.9. The molecule has 0 aromatic carbocycles. The van der Waals surface area contributed by atoms with Crippen LogP contribution in [0.4, 0.5) is 13.2 Å². The predicted octanol–water partition coefficient (Wildman–Crippen LogP) is 2.36. The third-order valence-corrected chi connectivity index (χ3v) is 2.75. The number of nitrogens with one attached hydrogen (secondary N) is 1. The molecule has 17 heavy (non-hydrogen) atoms. The van der Waals surface area contributed by atoms with E-state index in [1.165, 1.54) is 0 Å². The summed E-state index contributed by atoms with van der Waals surface area (Å²) in [5.74, 6) is 0. The fourth-order valence-corrected chi connectivity index (χ4v) is 1.35. The molecule has 0 aliphatic carbocycles. The molecule has 0 aliphatic rings. The fourth-order valence-electron chi connectivity index (χ4n) is 1.35. The van der Waals surface area contributed by atoms with Crippen LogP contribution in [0.2, 0.25) is 0 Å². The van der Waals surface area contributed by atoms with E-state index in [1.807, 2.05) is 13.8 Å². The molecule has 0 fully saturated rings. The highest BCUT2D eigenvalue weighted by Gasteiger charge is 2.29. The number of ether oxygens (including phenoxy) is 2. The number of halogens is 3. The third kappa shape index (κ3) is 7.57. The zero-order chi connectivity index (χ0) is 13.5. The molecule has 104 valence electrons. The largest absolute Gasteiger partial charge is 0.389 e. The summed E-state index contributed by atoms with van der Waals surface area (Å²) in [7, 11) is 3.36.